The molecule has 2 aromatic carbocycles. The van der Waals surface area contributed by atoms with Crippen molar-refractivity contribution in [2.45, 2.75) is 0 Å². The standard InChI is InChI=1S/C14H9ClN2O2/c15-12-8-10(7-9-5-6-16-14(9)12)11-3-1-2-4-13(11)17(18)19/h1-8,16H. The molecule has 1 heterocycles. The minimum Gasteiger partial charge on any atom is -0.360 e. The highest BCUT2D eigenvalue weighted by molar-refractivity contribution is 6.35. The molecule has 0 aliphatic heterocycles. The van der Waals surface area contributed by atoms with Gasteiger partial charge in [0.25, 0.3) is 5.69 Å². The first-order valence-electron chi connectivity index (χ1n) is 5.67. The van der Waals surface area contributed by atoms with Crippen LogP contribution < -0.4 is 0 Å². The van der Waals surface area contributed by atoms with Gasteiger partial charge in [-0.3, -0.25) is 10.1 Å². The number of hydrogen-bond acceptors (Lipinski definition) is 2. The Bertz CT molecular complexity index is 780. The molecule has 0 spiro atoms. The van der Waals surface area contributed by atoms with Crippen molar-refractivity contribution in [3.63, 3.8) is 0 Å². The van der Waals surface area contributed by atoms with Gasteiger partial charge < -0.3 is 4.98 Å². The third-order valence-corrected chi connectivity index (χ3v) is 3.32. The number of aromatic amines is 1. The van der Waals surface area contributed by atoms with Gasteiger partial charge in [0, 0.05) is 17.6 Å². The Balaban J connectivity index is 2.27. The maximum atomic E-state index is 11.1. The Kier molecular flexibility index (Phi) is 2.72. The average Bonchev–Trinajstić information content (AvgIpc) is 2.87. The van der Waals surface area contributed by atoms with Crippen molar-refractivity contribution in [2.75, 3.05) is 0 Å². The molecular formula is C14H9ClN2O2. The highest BCUT2D eigenvalue weighted by Gasteiger charge is 2.15. The van der Waals surface area contributed by atoms with Gasteiger partial charge in [-0.25, -0.2) is 0 Å². The molecule has 0 unspecified atom stereocenters. The van der Waals surface area contributed by atoms with E-state index in [-0.39, 0.29) is 10.6 Å². The second kappa shape index (κ2) is 4.40. The summed E-state index contributed by atoms with van der Waals surface area (Å²) in [4.78, 5) is 13.7. The topological polar surface area (TPSA) is 58.9 Å². The zero-order valence-corrected chi connectivity index (χ0v) is 10.5. The molecule has 1 aromatic heterocycles. The number of para-hydroxylation sites is 1. The fourth-order valence-electron chi connectivity index (χ4n) is 2.16. The summed E-state index contributed by atoms with van der Waals surface area (Å²) >= 11 is 6.18. The van der Waals surface area contributed by atoms with Gasteiger partial charge in [0.05, 0.1) is 21.0 Å². The van der Waals surface area contributed by atoms with Crippen LogP contribution in [0.3, 0.4) is 0 Å². The maximum Gasteiger partial charge on any atom is 0.277 e. The molecule has 0 aliphatic rings. The van der Waals surface area contributed by atoms with Crippen LogP contribution in [0.2, 0.25) is 5.02 Å². The summed E-state index contributed by atoms with van der Waals surface area (Å²) in [6, 6.07) is 12.2. The van der Waals surface area contributed by atoms with Crippen molar-refractivity contribution >= 4 is 28.2 Å². The molecule has 0 amide bonds. The summed E-state index contributed by atoms with van der Waals surface area (Å²) in [6.07, 6.45) is 1.79. The molecule has 0 radical (unpaired) electrons. The van der Waals surface area contributed by atoms with E-state index in [0.717, 1.165) is 16.5 Å². The summed E-state index contributed by atoms with van der Waals surface area (Å²) in [5, 5.41) is 12.5. The zero-order chi connectivity index (χ0) is 13.4. The van der Waals surface area contributed by atoms with Crippen LogP contribution in [0, 0.1) is 10.1 Å². The molecule has 3 rings (SSSR count). The van der Waals surface area contributed by atoms with Crippen LogP contribution in [0.4, 0.5) is 5.69 Å². The minimum absolute atomic E-state index is 0.0773. The first-order chi connectivity index (χ1) is 9.16. The number of hydrogen-bond donors (Lipinski definition) is 1. The van der Waals surface area contributed by atoms with Crippen molar-refractivity contribution in [3.8, 4) is 11.1 Å². The number of nitro benzene ring substituents is 1. The fraction of sp³-hybridized carbons (Fsp3) is 0. The monoisotopic (exact) mass is 272 g/mol. The van der Waals surface area contributed by atoms with E-state index in [0.29, 0.717) is 10.6 Å². The molecule has 19 heavy (non-hydrogen) atoms. The van der Waals surface area contributed by atoms with Gasteiger partial charge in [0.1, 0.15) is 0 Å². The highest BCUT2D eigenvalue weighted by atomic mass is 35.5. The number of rotatable bonds is 2. The number of aromatic nitrogens is 1. The van der Waals surface area contributed by atoms with Crippen molar-refractivity contribution in [2.24, 2.45) is 0 Å². The highest BCUT2D eigenvalue weighted by Crippen LogP contribution is 2.34. The maximum absolute atomic E-state index is 11.1. The predicted octanol–water partition coefficient (Wildman–Crippen LogP) is 4.40. The van der Waals surface area contributed by atoms with E-state index in [4.69, 9.17) is 11.6 Å². The van der Waals surface area contributed by atoms with Crippen LogP contribution in [-0.4, -0.2) is 9.91 Å². The van der Waals surface area contributed by atoms with Gasteiger partial charge in [-0.05, 0) is 29.8 Å². The normalized spacial score (nSPS) is 10.8. The Morgan fingerprint density at radius 3 is 2.74 bits per heavy atom. The average molecular weight is 273 g/mol. The summed E-state index contributed by atoms with van der Waals surface area (Å²) < 4.78 is 0. The second-order valence-corrected chi connectivity index (χ2v) is 4.58. The first-order valence-corrected chi connectivity index (χ1v) is 6.05. The lowest BCUT2D eigenvalue weighted by Gasteiger charge is -2.05. The lowest BCUT2D eigenvalue weighted by atomic mass is 10.0. The Morgan fingerprint density at radius 1 is 1.16 bits per heavy atom. The van der Waals surface area contributed by atoms with Crippen LogP contribution in [0.25, 0.3) is 22.0 Å². The van der Waals surface area contributed by atoms with Gasteiger partial charge in [-0.1, -0.05) is 23.7 Å². The summed E-state index contributed by atoms with van der Waals surface area (Å²) in [5.41, 5.74) is 2.22. The van der Waals surface area contributed by atoms with Crippen LogP contribution in [0.15, 0.2) is 48.7 Å². The molecule has 1 N–H and O–H groups in total. The molecule has 0 saturated carbocycles. The fourth-order valence-corrected chi connectivity index (χ4v) is 2.44. The number of benzene rings is 2. The number of fused-ring (bicyclic) bond motifs is 1. The van der Waals surface area contributed by atoms with Crippen molar-refractivity contribution in [1.29, 1.82) is 0 Å². The van der Waals surface area contributed by atoms with Gasteiger partial charge in [-0.2, -0.15) is 0 Å². The van der Waals surface area contributed by atoms with E-state index >= 15 is 0 Å². The number of nitro groups is 1. The quantitative estimate of drug-likeness (QED) is 0.555. The van der Waals surface area contributed by atoms with Gasteiger partial charge in [0.15, 0.2) is 0 Å². The van der Waals surface area contributed by atoms with E-state index < -0.39 is 0 Å². The van der Waals surface area contributed by atoms with Gasteiger partial charge >= 0.3 is 0 Å². The van der Waals surface area contributed by atoms with Crippen LogP contribution in [-0.2, 0) is 0 Å². The SMILES string of the molecule is O=[N+]([O-])c1ccccc1-c1cc(Cl)c2[nH]ccc2c1. The van der Waals surface area contributed by atoms with Gasteiger partial charge in [-0.15, -0.1) is 0 Å². The number of H-pyrrole nitrogens is 1. The van der Waals surface area contributed by atoms with Crippen LogP contribution in [0.1, 0.15) is 0 Å². The lowest BCUT2D eigenvalue weighted by Crippen LogP contribution is -1.91. The van der Waals surface area contributed by atoms with E-state index in [1.165, 1.54) is 6.07 Å². The van der Waals surface area contributed by atoms with Crippen LogP contribution >= 0.6 is 11.6 Å². The van der Waals surface area contributed by atoms with Crippen molar-refractivity contribution < 1.29 is 4.92 Å². The third-order valence-electron chi connectivity index (χ3n) is 3.02. The lowest BCUT2D eigenvalue weighted by molar-refractivity contribution is -0.384. The Morgan fingerprint density at radius 2 is 1.95 bits per heavy atom. The van der Waals surface area contributed by atoms with Crippen LogP contribution in [0.5, 0.6) is 0 Å². The zero-order valence-electron chi connectivity index (χ0n) is 9.76. The molecule has 0 saturated heterocycles. The molecule has 4 nitrogen and oxygen atoms in total. The summed E-state index contributed by atoms with van der Waals surface area (Å²) in [5.74, 6) is 0. The van der Waals surface area contributed by atoms with Gasteiger partial charge in [0.2, 0.25) is 0 Å². The molecule has 5 heteroatoms. The van der Waals surface area contributed by atoms with E-state index in [1.807, 2.05) is 12.1 Å². The minimum atomic E-state index is -0.384. The molecule has 3 aromatic rings. The molecule has 94 valence electrons. The first kappa shape index (κ1) is 11.7. The summed E-state index contributed by atoms with van der Waals surface area (Å²) in [7, 11) is 0. The number of halogens is 1. The van der Waals surface area contributed by atoms with E-state index in [1.54, 1.807) is 30.5 Å². The number of nitrogens with zero attached hydrogens (tertiary/aromatic N) is 1. The van der Waals surface area contributed by atoms with E-state index in [9.17, 15) is 10.1 Å². The summed E-state index contributed by atoms with van der Waals surface area (Å²) in [6.45, 7) is 0. The molecule has 0 atom stereocenters. The van der Waals surface area contributed by atoms with E-state index in [2.05, 4.69) is 4.98 Å². The molecule has 0 aliphatic carbocycles. The Hall–Kier alpha value is -2.33. The predicted molar refractivity (Wildman–Crippen MR) is 75.4 cm³/mol. The van der Waals surface area contributed by atoms with Crippen molar-refractivity contribution in [1.82, 2.24) is 4.98 Å². The molecule has 0 bridgehead atoms. The smallest absolute Gasteiger partial charge is 0.277 e. The third kappa shape index (κ3) is 1.96. The largest absolute Gasteiger partial charge is 0.360 e. The second-order valence-electron chi connectivity index (χ2n) is 4.17. The Labute approximate surface area is 113 Å². The molecular weight excluding hydrogens is 264 g/mol. The van der Waals surface area contributed by atoms with Crippen molar-refractivity contribution in [3.05, 3.63) is 63.8 Å². The molecule has 0 fully saturated rings. The number of nitrogens with one attached hydrogen (secondary N) is 1.